The lowest BCUT2D eigenvalue weighted by molar-refractivity contribution is -0.730. The number of rotatable bonds is 2. The van der Waals surface area contributed by atoms with Crippen molar-refractivity contribution in [1.82, 2.24) is 15.8 Å². The van der Waals surface area contributed by atoms with Gasteiger partial charge >= 0.3 is 6.18 Å². The van der Waals surface area contributed by atoms with Crippen LogP contribution in [0.15, 0.2) is 40.7 Å². The second kappa shape index (κ2) is 9.28. The molecule has 0 unspecified atom stereocenters. The molecule has 0 radical (unpaired) electrons. The van der Waals surface area contributed by atoms with Crippen molar-refractivity contribution in [3.05, 3.63) is 36.2 Å². The Balaban J connectivity index is 0.000000585. The zero-order chi connectivity index (χ0) is 18.0. The van der Waals surface area contributed by atoms with Crippen LogP contribution in [0.25, 0.3) is 0 Å². The first kappa shape index (κ1) is 20.2. The predicted octanol–water partition coefficient (Wildman–Crippen LogP) is 0.952. The lowest BCUT2D eigenvalue weighted by atomic mass is 10.3. The zero-order valence-electron chi connectivity index (χ0n) is 13.0. The summed E-state index contributed by atoms with van der Waals surface area (Å²) in [5.74, 6) is -0.227. The number of aliphatic imine (C=N–C) groups is 1. The molecular formula is C13H18F3N6O+. The van der Waals surface area contributed by atoms with Gasteiger partial charge in [-0.25, -0.2) is 4.99 Å². The molecule has 0 aliphatic carbocycles. The number of guanidine groups is 1. The maximum absolute atomic E-state index is 11.6. The number of carbonyl (C=O) groups excluding carboxylic acids is 1. The number of halogens is 3. The van der Waals surface area contributed by atoms with Crippen molar-refractivity contribution in [2.24, 2.45) is 17.1 Å². The third-order valence-corrected chi connectivity index (χ3v) is 2.19. The molecule has 0 spiro atoms. The van der Waals surface area contributed by atoms with Crippen LogP contribution >= 0.6 is 0 Å². The Morgan fingerprint density at radius 2 is 2.00 bits per heavy atom. The van der Waals surface area contributed by atoms with E-state index in [1.54, 1.807) is 31.0 Å². The van der Waals surface area contributed by atoms with Crippen LogP contribution in [-0.2, 0) is 7.05 Å². The molecule has 1 rings (SSSR count). The van der Waals surface area contributed by atoms with Gasteiger partial charge in [-0.3, -0.25) is 10.1 Å². The fourth-order valence-electron chi connectivity index (χ4n) is 0.940. The average molecular weight is 331 g/mol. The second-order valence-electron chi connectivity index (χ2n) is 4.14. The number of hydrogen-bond acceptors (Lipinski definition) is 4. The first-order valence-electron chi connectivity index (χ1n) is 6.19. The molecule has 10 heteroatoms. The Bertz CT molecular complexity index is 580. The normalized spacial score (nSPS) is 11.0. The Morgan fingerprint density at radius 1 is 1.43 bits per heavy atom. The highest BCUT2D eigenvalue weighted by Gasteiger charge is 2.27. The fourth-order valence-corrected chi connectivity index (χ4v) is 0.940. The van der Waals surface area contributed by atoms with E-state index in [0.29, 0.717) is 5.56 Å². The number of hydrogen-bond donors (Lipinski definition) is 2. The van der Waals surface area contributed by atoms with Crippen LogP contribution in [0, 0.1) is 0 Å². The van der Waals surface area contributed by atoms with Crippen LogP contribution in [0.1, 0.15) is 17.3 Å². The zero-order valence-corrected chi connectivity index (χ0v) is 13.0. The van der Waals surface area contributed by atoms with Crippen LogP contribution < -0.4 is 15.4 Å². The third-order valence-electron chi connectivity index (χ3n) is 2.19. The van der Waals surface area contributed by atoms with E-state index in [2.05, 4.69) is 39.2 Å². The Hall–Kier alpha value is -2.78. The monoisotopic (exact) mass is 331 g/mol. The van der Waals surface area contributed by atoms with E-state index in [0.717, 1.165) is 6.92 Å². The molecule has 0 saturated heterocycles. The summed E-state index contributed by atoms with van der Waals surface area (Å²) in [5.41, 5.74) is 2.17. The first-order chi connectivity index (χ1) is 10.6. The van der Waals surface area contributed by atoms with Crippen LogP contribution in [0.4, 0.5) is 13.2 Å². The van der Waals surface area contributed by atoms with Gasteiger partial charge in [0, 0.05) is 18.7 Å². The maximum Gasteiger partial charge on any atom is 0.411 e. The van der Waals surface area contributed by atoms with Crippen molar-refractivity contribution >= 4 is 18.6 Å². The number of alkyl halides is 3. The molecule has 7 nitrogen and oxygen atoms in total. The molecule has 0 saturated carbocycles. The van der Waals surface area contributed by atoms with Gasteiger partial charge in [0.25, 0.3) is 5.91 Å². The summed E-state index contributed by atoms with van der Waals surface area (Å²) in [4.78, 5) is 15.2. The van der Waals surface area contributed by atoms with Gasteiger partial charge in [0.1, 0.15) is 6.20 Å². The van der Waals surface area contributed by atoms with E-state index in [9.17, 15) is 18.0 Å². The molecule has 23 heavy (non-hydrogen) atoms. The summed E-state index contributed by atoms with van der Waals surface area (Å²) < 4.78 is 34.8. The highest BCUT2D eigenvalue weighted by atomic mass is 19.4. The van der Waals surface area contributed by atoms with E-state index in [4.69, 9.17) is 0 Å². The molecule has 0 aliphatic heterocycles. The molecule has 1 amide bonds. The SMILES string of the molecule is C=C(C)C(F)(F)F.C=N/C(=N\NC)NC(=O)c1cc[n+](C)nc1. The van der Waals surface area contributed by atoms with Crippen molar-refractivity contribution < 1.29 is 22.6 Å². The van der Waals surface area contributed by atoms with Crippen molar-refractivity contribution in [2.45, 2.75) is 13.1 Å². The van der Waals surface area contributed by atoms with Gasteiger partial charge in [-0.2, -0.15) is 13.2 Å². The molecule has 1 aromatic heterocycles. The quantitative estimate of drug-likeness (QED) is 0.278. The highest BCUT2D eigenvalue weighted by molar-refractivity contribution is 6.06. The maximum atomic E-state index is 11.6. The molecule has 0 aromatic carbocycles. The summed E-state index contributed by atoms with van der Waals surface area (Å²) in [6.45, 7) is 6.92. The van der Waals surface area contributed by atoms with Crippen LogP contribution in [0.5, 0.6) is 0 Å². The summed E-state index contributed by atoms with van der Waals surface area (Å²) in [6, 6.07) is 1.64. The number of hydrazone groups is 1. The van der Waals surface area contributed by atoms with Crippen LogP contribution in [-0.4, -0.2) is 36.9 Å². The molecule has 126 valence electrons. The highest BCUT2D eigenvalue weighted by Crippen LogP contribution is 2.22. The smallest absolute Gasteiger partial charge is 0.310 e. The van der Waals surface area contributed by atoms with Gasteiger partial charge in [0.2, 0.25) is 5.96 Å². The molecular weight excluding hydrogens is 313 g/mol. The van der Waals surface area contributed by atoms with Crippen molar-refractivity contribution in [3.8, 4) is 0 Å². The van der Waals surface area contributed by atoms with E-state index < -0.39 is 11.7 Å². The summed E-state index contributed by atoms with van der Waals surface area (Å²) in [6.07, 6.45) is -1.07. The van der Waals surface area contributed by atoms with Crippen molar-refractivity contribution in [3.63, 3.8) is 0 Å². The topological polar surface area (TPSA) is 82.6 Å². The Labute approximate surface area is 131 Å². The molecule has 0 bridgehead atoms. The summed E-state index contributed by atoms with van der Waals surface area (Å²) in [7, 11) is 3.36. The molecule has 1 aromatic rings. The van der Waals surface area contributed by atoms with Gasteiger partial charge < -0.3 is 5.43 Å². The fraction of sp³-hybridized carbons (Fsp3) is 0.308. The number of allylic oxidation sites excluding steroid dienone is 1. The number of nitrogens with zero attached hydrogens (tertiary/aromatic N) is 4. The minimum absolute atomic E-state index is 0.112. The van der Waals surface area contributed by atoms with Gasteiger partial charge in [-0.1, -0.05) is 11.3 Å². The van der Waals surface area contributed by atoms with Gasteiger partial charge in [-0.05, 0) is 18.7 Å². The number of amides is 1. The molecule has 1 heterocycles. The third kappa shape index (κ3) is 8.29. The minimum atomic E-state index is -4.19. The Morgan fingerprint density at radius 3 is 2.35 bits per heavy atom. The van der Waals surface area contributed by atoms with Crippen LogP contribution in [0.2, 0.25) is 0 Å². The average Bonchev–Trinajstić information content (AvgIpc) is 2.47. The van der Waals surface area contributed by atoms with E-state index >= 15 is 0 Å². The summed E-state index contributed by atoms with van der Waals surface area (Å²) >= 11 is 0. The minimum Gasteiger partial charge on any atom is -0.310 e. The van der Waals surface area contributed by atoms with E-state index in [1.165, 1.54) is 6.20 Å². The van der Waals surface area contributed by atoms with Gasteiger partial charge in [0.15, 0.2) is 13.2 Å². The predicted molar refractivity (Wildman–Crippen MR) is 79.8 cm³/mol. The van der Waals surface area contributed by atoms with Crippen molar-refractivity contribution in [2.75, 3.05) is 7.05 Å². The number of carbonyl (C=O) groups is 1. The molecule has 0 aliphatic rings. The molecule has 0 fully saturated rings. The number of aryl methyl sites for hydroxylation is 1. The molecule has 0 atom stereocenters. The number of nitrogens with one attached hydrogen (secondary N) is 2. The lowest BCUT2D eigenvalue weighted by Gasteiger charge is -2.02. The van der Waals surface area contributed by atoms with Crippen LogP contribution in [0.3, 0.4) is 0 Å². The Kier molecular flexibility index (Phi) is 8.16. The summed E-state index contributed by atoms with van der Waals surface area (Å²) in [5, 5.41) is 10.1. The standard InChI is InChI=1S/C9H12N6O.C4H5F3/c1-10-9(14-11-2)13-8(16)7-4-5-15(3)12-6-7;1-3(2)4(5,6)7/h4-6H,1H2,2-3H3,(H,12,16);1H2,2H3/p+1. The first-order valence-corrected chi connectivity index (χ1v) is 6.19. The van der Waals surface area contributed by atoms with E-state index in [1.807, 2.05) is 0 Å². The number of aromatic nitrogens is 2. The van der Waals surface area contributed by atoms with Crippen molar-refractivity contribution in [1.29, 1.82) is 0 Å². The van der Waals surface area contributed by atoms with Gasteiger partial charge in [-0.15, -0.1) is 5.10 Å². The largest absolute Gasteiger partial charge is 0.411 e. The molecule has 2 N–H and O–H groups in total. The van der Waals surface area contributed by atoms with E-state index in [-0.39, 0.29) is 11.9 Å². The van der Waals surface area contributed by atoms with Gasteiger partial charge in [0.05, 0.1) is 5.56 Å². The lowest BCUT2D eigenvalue weighted by Crippen LogP contribution is -2.34. The second-order valence-corrected chi connectivity index (χ2v) is 4.14.